The number of anilines is 2. The molecule has 0 amide bonds. The molecule has 180 valence electrons. The average molecular weight is 516 g/mol. The molecule has 2 aromatic heterocycles. The third kappa shape index (κ3) is 5.72. The van der Waals surface area contributed by atoms with Gasteiger partial charge in [-0.05, 0) is 31.6 Å². The van der Waals surface area contributed by atoms with Gasteiger partial charge in [-0.2, -0.15) is 18.6 Å². The summed E-state index contributed by atoms with van der Waals surface area (Å²) in [6, 6.07) is -0.148. The predicted octanol–water partition coefficient (Wildman–Crippen LogP) is 1.31. The number of hydrogen-bond donors (Lipinski definition) is 6. The fraction of sp³-hybridized carbons (Fsp3) is 0.615. The number of nitrogens with zero attached hydrogens (tertiary/aromatic N) is 4. The molecule has 16 nitrogen and oxygen atoms in total. The van der Waals surface area contributed by atoms with Gasteiger partial charge in [0, 0.05) is 6.04 Å². The predicted molar refractivity (Wildman–Crippen MR) is 109 cm³/mol. The summed E-state index contributed by atoms with van der Waals surface area (Å²) < 4.78 is 48.6. The standard InChI is InChI=1S/C13H23N6O10P3/c1-6-8(7(2)27-31(23,24)29-32(25,26)28-30(20,21)22)3-4-9(6)19-5-16-10-11(14)17-13(15)18-12(10)19/h5-9H,3-4H2,1-2H3,(H,23,24)(H,25,26)(H2,20,21,22)(H4,14,15,17,18)/t6-,7?,8-,9+/m1/s1. The van der Waals surface area contributed by atoms with Gasteiger partial charge in [-0.1, -0.05) is 6.92 Å². The molecule has 1 aliphatic rings. The summed E-state index contributed by atoms with van der Waals surface area (Å²) in [5.74, 6) is -0.333. The summed E-state index contributed by atoms with van der Waals surface area (Å²) in [7, 11) is -16.3. The van der Waals surface area contributed by atoms with Crippen LogP contribution in [-0.4, -0.2) is 45.2 Å². The first-order valence-corrected chi connectivity index (χ1v) is 13.7. The Morgan fingerprint density at radius 1 is 1.09 bits per heavy atom. The highest BCUT2D eigenvalue weighted by molar-refractivity contribution is 7.66. The third-order valence-electron chi connectivity index (χ3n) is 5.22. The van der Waals surface area contributed by atoms with Crippen molar-refractivity contribution >= 4 is 46.4 Å². The van der Waals surface area contributed by atoms with Crippen LogP contribution in [0.15, 0.2) is 6.33 Å². The van der Waals surface area contributed by atoms with E-state index in [1.165, 1.54) is 6.92 Å². The highest BCUT2D eigenvalue weighted by atomic mass is 31.3. The van der Waals surface area contributed by atoms with Gasteiger partial charge in [-0.15, -0.1) is 0 Å². The van der Waals surface area contributed by atoms with Gasteiger partial charge in [-0.3, -0.25) is 4.52 Å². The third-order valence-corrected chi connectivity index (χ3v) is 9.15. The molecule has 6 atom stereocenters. The first-order chi connectivity index (χ1) is 14.6. The second kappa shape index (κ2) is 8.73. The van der Waals surface area contributed by atoms with Crippen LogP contribution in [0.3, 0.4) is 0 Å². The average Bonchev–Trinajstić information content (AvgIpc) is 3.14. The van der Waals surface area contributed by atoms with Gasteiger partial charge < -0.3 is 35.6 Å². The van der Waals surface area contributed by atoms with Gasteiger partial charge >= 0.3 is 23.5 Å². The molecule has 32 heavy (non-hydrogen) atoms. The summed E-state index contributed by atoms with van der Waals surface area (Å²) >= 11 is 0. The first kappa shape index (κ1) is 25.2. The van der Waals surface area contributed by atoms with E-state index in [2.05, 4.69) is 23.6 Å². The molecule has 0 aliphatic heterocycles. The maximum absolute atomic E-state index is 12.1. The number of fused-ring (bicyclic) bond motifs is 1. The van der Waals surface area contributed by atoms with E-state index in [9.17, 15) is 23.5 Å². The zero-order chi connectivity index (χ0) is 24.1. The summed E-state index contributed by atoms with van der Waals surface area (Å²) in [6.07, 6.45) is 1.76. The normalized spacial score (nSPS) is 26.6. The number of phosphoric acid groups is 3. The molecule has 1 saturated carbocycles. The van der Waals surface area contributed by atoms with Crippen molar-refractivity contribution in [3.05, 3.63) is 6.33 Å². The van der Waals surface area contributed by atoms with Gasteiger partial charge in [0.2, 0.25) is 5.95 Å². The van der Waals surface area contributed by atoms with E-state index >= 15 is 0 Å². The Bertz CT molecular complexity index is 1150. The zero-order valence-corrected chi connectivity index (χ0v) is 19.5. The molecule has 3 unspecified atom stereocenters. The maximum Gasteiger partial charge on any atom is 0.490 e. The van der Waals surface area contributed by atoms with Crippen LogP contribution in [0.4, 0.5) is 11.8 Å². The smallest absolute Gasteiger partial charge is 0.382 e. The van der Waals surface area contributed by atoms with Crippen LogP contribution in [0, 0.1) is 11.8 Å². The van der Waals surface area contributed by atoms with E-state index in [1.54, 1.807) is 10.9 Å². The van der Waals surface area contributed by atoms with E-state index < -0.39 is 29.6 Å². The molecule has 0 radical (unpaired) electrons. The van der Waals surface area contributed by atoms with Crippen molar-refractivity contribution in [3.8, 4) is 0 Å². The van der Waals surface area contributed by atoms with Crippen LogP contribution in [-0.2, 0) is 26.8 Å². The first-order valence-electron chi connectivity index (χ1n) is 9.16. The number of imidazole rings is 1. The number of hydrogen-bond acceptors (Lipinski definition) is 11. The number of rotatable bonds is 8. The molecule has 1 aliphatic carbocycles. The lowest BCUT2D eigenvalue weighted by Crippen LogP contribution is -2.25. The van der Waals surface area contributed by atoms with Crippen molar-refractivity contribution in [2.75, 3.05) is 11.5 Å². The number of aromatic nitrogens is 4. The summed E-state index contributed by atoms with van der Waals surface area (Å²) in [4.78, 5) is 48.6. The molecule has 2 aromatic rings. The fourth-order valence-corrected chi connectivity index (χ4v) is 7.25. The summed E-state index contributed by atoms with van der Waals surface area (Å²) in [5.41, 5.74) is 12.3. The molecule has 19 heteroatoms. The maximum atomic E-state index is 12.1. The quantitative estimate of drug-likeness (QED) is 0.270. The monoisotopic (exact) mass is 516 g/mol. The van der Waals surface area contributed by atoms with E-state index in [4.69, 9.17) is 25.8 Å². The minimum Gasteiger partial charge on any atom is -0.382 e. The van der Waals surface area contributed by atoms with Gasteiger partial charge in [0.1, 0.15) is 5.52 Å². The lowest BCUT2D eigenvalue weighted by Gasteiger charge is -2.28. The van der Waals surface area contributed by atoms with Crippen LogP contribution in [0.2, 0.25) is 0 Å². The minimum atomic E-state index is -5.58. The molecule has 3 rings (SSSR count). The van der Waals surface area contributed by atoms with Crippen LogP contribution < -0.4 is 11.5 Å². The van der Waals surface area contributed by atoms with Crippen molar-refractivity contribution in [1.82, 2.24) is 19.5 Å². The molecule has 0 bridgehead atoms. The van der Waals surface area contributed by atoms with E-state index in [0.29, 0.717) is 24.0 Å². The van der Waals surface area contributed by atoms with Crippen LogP contribution >= 0.6 is 23.5 Å². The van der Waals surface area contributed by atoms with Crippen molar-refractivity contribution in [2.24, 2.45) is 11.8 Å². The highest BCUT2D eigenvalue weighted by Gasteiger charge is 2.44. The Labute approximate surface area is 181 Å². The topological polar surface area (TPSA) is 255 Å². The van der Waals surface area contributed by atoms with Crippen LogP contribution in [0.1, 0.15) is 32.7 Å². The van der Waals surface area contributed by atoms with E-state index in [0.717, 1.165) is 0 Å². The van der Waals surface area contributed by atoms with Crippen LogP contribution in [0.25, 0.3) is 11.2 Å². The van der Waals surface area contributed by atoms with Crippen molar-refractivity contribution < 1.29 is 46.4 Å². The van der Waals surface area contributed by atoms with Gasteiger partial charge in [0.25, 0.3) is 0 Å². The highest BCUT2D eigenvalue weighted by Crippen LogP contribution is 2.67. The van der Waals surface area contributed by atoms with Crippen LogP contribution in [0.5, 0.6) is 0 Å². The Kier molecular flexibility index (Phi) is 6.87. The van der Waals surface area contributed by atoms with Crippen molar-refractivity contribution in [3.63, 3.8) is 0 Å². The molecule has 0 saturated heterocycles. The van der Waals surface area contributed by atoms with Crippen molar-refractivity contribution in [1.29, 1.82) is 0 Å². The molecule has 0 aromatic carbocycles. The van der Waals surface area contributed by atoms with E-state index in [-0.39, 0.29) is 29.6 Å². The molecule has 1 fully saturated rings. The Balaban J connectivity index is 1.73. The fourth-order valence-electron chi connectivity index (χ4n) is 4.01. The van der Waals surface area contributed by atoms with Crippen molar-refractivity contribution in [2.45, 2.75) is 38.8 Å². The van der Waals surface area contributed by atoms with Gasteiger partial charge in [0.05, 0.1) is 12.4 Å². The Hall–Kier alpha value is -1.44. The summed E-state index contributed by atoms with van der Waals surface area (Å²) in [6.45, 7) is 3.34. The zero-order valence-electron chi connectivity index (χ0n) is 16.8. The minimum absolute atomic E-state index is 0.0139. The molecular weight excluding hydrogens is 493 g/mol. The van der Waals surface area contributed by atoms with Gasteiger partial charge in [-0.25, -0.2) is 18.7 Å². The number of nitrogen functional groups attached to an aromatic ring is 2. The second-order valence-electron chi connectivity index (χ2n) is 7.36. The molecule has 0 spiro atoms. The molecular formula is C13H23N6O10P3. The summed E-state index contributed by atoms with van der Waals surface area (Å²) in [5, 5.41) is 0. The van der Waals surface area contributed by atoms with E-state index in [1.807, 2.05) is 6.92 Å². The number of phosphoric ester groups is 1. The number of nitrogens with two attached hydrogens (primary N) is 2. The van der Waals surface area contributed by atoms with Gasteiger partial charge in [0.15, 0.2) is 11.5 Å². The lowest BCUT2D eigenvalue weighted by molar-refractivity contribution is 0.0812. The Morgan fingerprint density at radius 3 is 2.38 bits per heavy atom. The molecule has 2 heterocycles. The lowest BCUT2D eigenvalue weighted by atomic mass is 9.91. The SMILES string of the molecule is CC(OP(=O)(O)OP(=O)(O)OP(=O)(O)O)[C@@H]1CC[C@H](n2cnc3c(N)nc(N)nc32)[C@@H]1C. The molecule has 8 N–H and O–H groups in total. The Morgan fingerprint density at radius 2 is 1.75 bits per heavy atom. The second-order valence-corrected chi connectivity index (χ2v) is 11.7. The largest absolute Gasteiger partial charge is 0.490 e.